The maximum absolute atomic E-state index is 4.89. The molecular formula is C48H78N2S3. The number of aromatic nitrogens is 1. The first-order valence-corrected chi connectivity index (χ1v) is 24.2. The minimum absolute atomic E-state index is 0.612. The van der Waals surface area contributed by atoms with Crippen molar-refractivity contribution < 1.29 is 0 Å². The Morgan fingerprint density at radius 2 is 1.17 bits per heavy atom. The van der Waals surface area contributed by atoms with Crippen molar-refractivity contribution >= 4 is 40.9 Å². The highest BCUT2D eigenvalue weighted by Crippen LogP contribution is 2.36. The summed E-state index contributed by atoms with van der Waals surface area (Å²) in [6, 6.07) is 6.32. The van der Waals surface area contributed by atoms with Crippen molar-refractivity contribution in [2.24, 2.45) is 4.99 Å². The van der Waals surface area contributed by atoms with Gasteiger partial charge in [0, 0.05) is 10.9 Å². The van der Waals surface area contributed by atoms with E-state index in [2.05, 4.69) is 85.4 Å². The summed E-state index contributed by atoms with van der Waals surface area (Å²) >= 11 is 4.89. The molecule has 1 heterocycles. The quantitative estimate of drug-likeness (QED) is 0.0182. The van der Waals surface area contributed by atoms with Crippen molar-refractivity contribution in [3.8, 4) is 0 Å². The molecule has 0 saturated heterocycles. The molecule has 0 aromatic carbocycles. The molecule has 0 bridgehead atoms. The van der Waals surface area contributed by atoms with Crippen molar-refractivity contribution in [3.05, 3.63) is 95.8 Å². The Labute approximate surface area is 342 Å². The van der Waals surface area contributed by atoms with Crippen LogP contribution in [-0.4, -0.2) is 17.0 Å². The molecule has 0 aliphatic heterocycles. The van der Waals surface area contributed by atoms with E-state index in [-0.39, 0.29) is 0 Å². The number of hydrogen-bond donors (Lipinski definition) is 1. The maximum atomic E-state index is 4.89. The monoisotopic (exact) mass is 779 g/mol. The third-order valence-corrected chi connectivity index (χ3v) is 12.1. The van der Waals surface area contributed by atoms with Crippen LogP contribution in [0.3, 0.4) is 0 Å². The minimum atomic E-state index is 0.612. The van der Waals surface area contributed by atoms with Gasteiger partial charge in [-0.05, 0) is 143 Å². The molecule has 53 heavy (non-hydrogen) atoms. The standard InChI is InChI=1S/C48H78N2S3/c1-4-6-8-9-10-11-12-13-14-18-21-24-27-30-33-36-41-46(51)42-37-34-31-28-25-22-19-16-15-17-20-23-26-29-32-35-39-45-40-38-44-48(50-45)53-52-47(49-3)43-7-5-2/h5,7,10-11,13-16,20,23,38,40,43-44,46,51H,3-4,6,8-9,12,17-19,21-22,24-37,39,41-42H2,1-2H3/b7-5-,11-10-,14-13-,16-15-,23-20-,47-43+. The van der Waals surface area contributed by atoms with E-state index in [1.54, 1.807) is 21.6 Å². The number of thiol groups is 1. The van der Waals surface area contributed by atoms with Crippen molar-refractivity contribution in [2.45, 2.75) is 197 Å². The lowest BCUT2D eigenvalue weighted by atomic mass is 10.0. The van der Waals surface area contributed by atoms with E-state index in [1.807, 2.05) is 25.2 Å². The van der Waals surface area contributed by atoms with Gasteiger partial charge in [-0.2, -0.15) is 12.6 Å². The average Bonchev–Trinajstić information content (AvgIpc) is 3.17. The first-order valence-electron chi connectivity index (χ1n) is 21.6. The number of aliphatic imine (C=N–C) groups is 1. The van der Waals surface area contributed by atoms with Crippen LogP contribution in [0.5, 0.6) is 0 Å². The van der Waals surface area contributed by atoms with Crippen molar-refractivity contribution in [3.63, 3.8) is 0 Å². The van der Waals surface area contributed by atoms with E-state index in [9.17, 15) is 0 Å². The van der Waals surface area contributed by atoms with Gasteiger partial charge in [0.1, 0.15) is 10.1 Å². The van der Waals surface area contributed by atoms with E-state index in [0.29, 0.717) is 5.25 Å². The zero-order chi connectivity index (χ0) is 38.1. The highest BCUT2D eigenvalue weighted by molar-refractivity contribution is 8.78. The van der Waals surface area contributed by atoms with Crippen LogP contribution in [-0.2, 0) is 6.42 Å². The fraction of sp³-hybridized carbons (Fsp3) is 0.625. The molecule has 1 rings (SSSR count). The highest BCUT2D eigenvalue weighted by Gasteiger charge is 2.04. The Morgan fingerprint density at radius 3 is 1.68 bits per heavy atom. The van der Waals surface area contributed by atoms with Gasteiger partial charge in [-0.15, -0.1) is 0 Å². The summed E-state index contributed by atoms with van der Waals surface area (Å²) in [5.74, 6) is 0. The predicted octanol–water partition coefficient (Wildman–Crippen LogP) is 17.2. The van der Waals surface area contributed by atoms with Crippen LogP contribution in [0.25, 0.3) is 0 Å². The van der Waals surface area contributed by atoms with Crippen LogP contribution in [0.4, 0.5) is 0 Å². The van der Waals surface area contributed by atoms with Gasteiger partial charge in [-0.3, -0.25) is 4.99 Å². The van der Waals surface area contributed by atoms with Gasteiger partial charge in [0.25, 0.3) is 0 Å². The molecule has 1 aromatic rings. The number of allylic oxidation sites excluding steroid dienone is 11. The zero-order valence-corrected chi connectivity index (χ0v) is 36.6. The molecular weight excluding hydrogens is 701 g/mol. The largest absolute Gasteiger partial charge is 0.257 e. The van der Waals surface area contributed by atoms with E-state index < -0.39 is 0 Å². The second kappa shape index (κ2) is 40.0. The molecule has 0 radical (unpaired) electrons. The molecule has 0 N–H and O–H groups in total. The van der Waals surface area contributed by atoms with Gasteiger partial charge in [0.05, 0.1) is 0 Å². The number of hydrogen-bond acceptors (Lipinski definition) is 5. The fourth-order valence-electron chi connectivity index (χ4n) is 6.13. The van der Waals surface area contributed by atoms with Crippen molar-refractivity contribution in [2.75, 3.05) is 0 Å². The van der Waals surface area contributed by atoms with E-state index in [1.165, 1.54) is 160 Å². The molecule has 2 nitrogen and oxygen atoms in total. The molecule has 0 spiro atoms. The second-order valence-corrected chi connectivity index (χ2v) is 17.2. The lowest BCUT2D eigenvalue weighted by Crippen LogP contribution is -1.98. The van der Waals surface area contributed by atoms with Gasteiger partial charge in [0.2, 0.25) is 0 Å². The lowest BCUT2D eigenvalue weighted by Gasteiger charge is -2.10. The van der Waals surface area contributed by atoms with Crippen LogP contribution in [0.1, 0.15) is 186 Å². The van der Waals surface area contributed by atoms with Crippen LogP contribution in [0, 0.1) is 0 Å². The van der Waals surface area contributed by atoms with Gasteiger partial charge in [0.15, 0.2) is 0 Å². The normalized spacial score (nSPS) is 13.2. The first kappa shape index (κ1) is 49.3. The van der Waals surface area contributed by atoms with Crippen LogP contribution in [0.15, 0.2) is 100 Å². The fourth-order valence-corrected chi connectivity index (χ4v) is 8.25. The molecule has 0 aliphatic rings. The number of nitrogens with zero attached hydrogens (tertiary/aromatic N) is 2. The second-order valence-electron chi connectivity index (χ2n) is 14.3. The van der Waals surface area contributed by atoms with Crippen LogP contribution in [0.2, 0.25) is 0 Å². The van der Waals surface area contributed by atoms with E-state index >= 15 is 0 Å². The van der Waals surface area contributed by atoms with Gasteiger partial charge < -0.3 is 0 Å². The highest BCUT2D eigenvalue weighted by atomic mass is 33.1. The smallest absolute Gasteiger partial charge is 0.107 e. The SMILES string of the molecule is C=N/C(=C\C=C/C)SSc1cccc(CCCCC/C=C\C/C=C\CCCCCCCCC(S)CCCCCCCC/C=C\C/C=C\CCCCC)n1. The molecule has 0 aliphatic carbocycles. The Morgan fingerprint density at radius 1 is 0.679 bits per heavy atom. The maximum Gasteiger partial charge on any atom is 0.107 e. The third-order valence-electron chi connectivity index (χ3n) is 9.39. The summed E-state index contributed by atoms with van der Waals surface area (Å²) in [5, 5.41) is 2.54. The molecule has 1 atom stereocenters. The van der Waals surface area contributed by atoms with Gasteiger partial charge in [-0.1, -0.05) is 157 Å². The molecule has 0 fully saturated rings. The summed E-state index contributed by atoms with van der Waals surface area (Å²) in [7, 11) is 3.24. The van der Waals surface area contributed by atoms with Gasteiger partial charge >= 0.3 is 0 Å². The minimum Gasteiger partial charge on any atom is -0.257 e. The van der Waals surface area contributed by atoms with Crippen molar-refractivity contribution in [1.82, 2.24) is 4.98 Å². The molecule has 1 unspecified atom stereocenters. The molecule has 298 valence electrons. The Balaban J connectivity index is 1.86. The number of rotatable bonds is 37. The third kappa shape index (κ3) is 34.5. The van der Waals surface area contributed by atoms with E-state index in [4.69, 9.17) is 17.6 Å². The Bertz CT molecular complexity index is 1150. The number of unbranched alkanes of at least 4 members (excludes halogenated alkanes) is 18. The predicted molar refractivity (Wildman–Crippen MR) is 249 cm³/mol. The number of pyridine rings is 1. The summed E-state index contributed by atoms with van der Waals surface area (Å²) in [6.45, 7) is 7.92. The van der Waals surface area contributed by atoms with Gasteiger partial charge in [-0.25, -0.2) is 4.98 Å². The summed E-state index contributed by atoms with van der Waals surface area (Å²) in [6.07, 6.45) is 59.7. The molecule has 0 saturated carbocycles. The molecule has 1 aromatic heterocycles. The lowest BCUT2D eigenvalue weighted by molar-refractivity contribution is 0.539. The Kier molecular flexibility index (Phi) is 37.2. The summed E-state index contributed by atoms with van der Waals surface area (Å²) in [4.78, 5) is 8.89. The topological polar surface area (TPSA) is 25.2 Å². The summed E-state index contributed by atoms with van der Waals surface area (Å²) in [5.41, 5.74) is 1.18. The zero-order valence-electron chi connectivity index (χ0n) is 34.1. The Hall–Kier alpha value is -1.69. The summed E-state index contributed by atoms with van der Waals surface area (Å²) < 4.78 is 0. The molecule has 5 heteroatoms. The van der Waals surface area contributed by atoms with Crippen LogP contribution < -0.4 is 0 Å². The molecule has 0 amide bonds. The van der Waals surface area contributed by atoms with Crippen LogP contribution >= 0.6 is 34.2 Å². The first-order chi connectivity index (χ1) is 26.2. The van der Waals surface area contributed by atoms with E-state index in [0.717, 1.165) is 29.3 Å². The van der Waals surface area contributed by atoms with Crippen molar-refractivity contribution in [1.29, 1.82) is 0 Å². The average molecular weight is 779 g/mol. The number of aryl methyl sites for hydroxylation is 1.